The quantitative estimate of drug-likeness (QED) is 0.545. The van der Waals surface area contributed by atoms with Crippen molar-refractivity contribution >= 4 is 5.91 Å². The Balaban J connectivity index is 1.86. The van der Waals surface area contributed by atoms with Crippen LogP contribution in [-0.4, -0.2) is 37.8 Å². The minimum Gasteiger partial charge on any atom is -0.493 e. The monoisotopic (exact) mass is 291 g/mol. The number of nitrogens with zero attached hydrogens (tertiary/aromatic N) is 1. The molecule has 1 aromatic carbocycles. The minimum atomic E-state index is -0.139. The second-order valence-electron chi connectivity index (χ2n) is 4.84. The van der Waals surface area contributed by atoms with Gasteiger partial charge in [0.05, 0.1) is 26.9 Å². The van der Waals surface area contributed by atoms with Gasteiger partial charge < -0.3 is 19.1 Å². The first-order valence-electron chi connectivity index (χ1n) is 6.96. The fourth-order valence-corrected chi connectivity index (χ4v) is 2.42. The van der Waals surface area contributed by atoms with Gasteiger partial charge in [0.1, 0.15) is 0 Å². The summed E-state index contributed by atoms with van der Waals surface area (Å²) in [5, 5.41) is 0. The fourth-order valence-electron chi connectivity index (χ4n) is 2.42. The Morgan fingerprint density at radius 1 is 1.33 bits per heavy atom. The number of amides is 1. The van der Waals surface area contributed by atoms with E-state index >= 15 is 0 Å². The molecule has 0 bridgehead atoms. The summed E-state index contributed by atoms with van der Waals surface area (Å²) in [6.07, 6.45) is 3.43. The molecule has 1 fully saturated rings. The summed E-state index contributed by atoms with van der Waals surface area (Å²) in [5.74, 6) is 1.58. The van der Waals surface area contributed by atoms with E-state index in [4.69, 9.17) is 14.2 Å². The molecular weight excluding hydrogens is 270 g/mol. The Labute approximate surface area is 125 Å². The lowest BCUT2D eigenvalue weighted by Crippen LogP contribution is -2.53. The zero-order valence-corrected chi connectivity index (χ0v) is 12.5. The van der Waals surface area contributed by atoms with Crippen LogP contribution in [0.1, 0.15) is 18.4 Å². The molecule has 0 saturated carbocycles. The molecule has 0 N–H and O–H groups in total. The molecule has 1 aliphatic heterocycles. The number of hydrogen-bond acceptors (Lipinski definition) is 4. The van der Waals surface area contributed by atoms with E-state index in [9.17, 15) is 4.79 Å². The lowest BCUT2D eigenvalue weighted by molar-refractivity contribution is -0.165. The van der Waals surface area contributed by atoms with Gasteiger partial charge in [0, 0.05) is 6.54 Å². The van der Waals surface area contributed by atoms with Crippen LogP contribution >= 0.6 is 0 Å². The van der Waals surface area contributed by atoms with Gasteiger partial charge in [-0.1, -0.05) is 12.6 Å². The normalized spacial score (nSPS) is 17.1. The minimum absolute atomic E-state index is 0.133. The highest BCUT2D eigenvalue weighted by Gasteiger charge is 2.36. The molecule has 1 aromatic rings. The van der Waals surface area contributed by atoms with Crippen molar-refractivity contribution in [2.75, 3.05) is 20.8 Å². The van der Waals surface area contributed by atoms with Gasteiger partial charge in [0.2, 0.25) is 5.91 Å². The highest BCUT2D eigenvalue weighted by molar-refractivity contribution is 5.82. The molecule has 5 heteroatoms. The van der Waals surface area contributed by atoms with Crippen LogP contribution in [0.3, 0.4) is 0 Å². The summed E-state index contributed by atoms with van der Waals surface area (Å²) in [6, 6.07) is 5.87. The molecule has 21 heavy (non-hydrogen) atoms. The third-order valence-corrected chi connectivity index (χ3v) is 3.58. The molecule has 1 heterocycles. The van der Waals surface area contributed by atoms with Gasteiger partial charge in [-0.15, -0.1) is 0 Å². The SMILES string of the molecule is C=COC1CC(=O)N1CCCc1ccc(OC)c(OC)c1. The summed E-state index contributed by atoms with van der Waals surface area (Å²) in [4.78, 5) is 13.3. The first kappa shape index (κ1) is 15.2. The van der Waals surface area contributed by atoms with E-state index in [0.717, 1.165) is 29.9 Å². The van der Waals surface area contributed by atoms with Crippen LogP contribution in [-0.2, 0) is 16.0 Å². The number of methoxy groups -OCH3 is 2. The van der Waals surface area contributed by atoms with E-state index in [-0.39, 0.29) is 12.1 Å². The van der Waals surface area contributed by atoms with Crippen molar-refractivity contribution in [3.8, 4) is 11.5 Å². The van der Waals surface area contributed by atoms with Crippen LogP contribution in [0.4, 0.5) is 0 Å². The van der Waals surface area contributed by atoms with Crippen molar-refractivity contribution < 1.29 is 19.0 Å². The predicted octanol–water partition coefficient (Wildman–Crippen LogP) is 2.35. The summed E-state index contributed by atoms with van der Waals surface area (Å²) < 4.78 is 15.8. The van der Waals surface area contributed by atoms with Gasteiger partial charge in [-0.05, 0) is 30.5 Å². The Morgan fingerprint density at radius 2 is 2.10 bits per heavy atom. The Morgan fingerprint density at radius 3 is 2.71 bits per heavy atom. The van der Waals surface area contributed by atoms with Gasteiger partial charge in [0.25, 0.3) is 0 Å². The molecule has 1 atom stereocenters. The first-order chi connectivity index (χ1) is 10.2. The number of β-lactam (4-membered cyclic amide) rings is 1. The average molecular weight is 291 g/mol. The van der Waals surface area contributed by atoms with Crippen molar-refractivity contribution in [3.05, 3.63) is 36.6 Å². The van der Waals surface area contributed by atoms with Crippen LogP contribution in [0.15, 0.2) is 31.0 Å². The predicted molar refractivity (Wildman–Crippen MR) is 79.3 cm³/mol. The number of ether oxygens (including phenoxy) is 3. The van der Waals surface area contributed by atoms with Crippen LogP contribution in [0.2, 0.25) is 0 Å². The zero-order valence-electron chi connectivity index (χ0n) is 12.5. The van der Waals surface area contributed by atoms with Crippen LogP contribution in [0, 0.1) is 0 Å². The summed E-state index contributed by atoms with van der Waals surface area (Å²) in [7, 11) is 3.24. The van der Waals surface area contributed by atoms with E-state index < -0.39 is 0 Å². The standard InChI is InChI=1S/C16H21NO4/c1-4-21-16-11-15(18)17(16)9-5-6-12-7-8-13(19-2)14(10-12)20-3/h4,7-8,10,16H,1,5-6,9,11H2,2-3H3. The third kappa shape index (κ3) is 3.48. The number of carbonyl (C=O) groups is 1. The summed E-state index contributed by atoms with van der Waals surface area (Å²) in [6.45, 7) is 4.21. The van der Waals surface area contributed by atoms with E-state index in [1.54, 1.807) is 19.1 Å². The molecule has 5 nitrogen and oxygen atoms in total. The third-order valence-electron chi connectivity index (χ3n) is 3.58. The molecule has 1 aliphatic rings. The molecule has 0 radical (unpaired) electrons. The van der Waals surface area contributed by atoms with Gasteiger partial charge in [-0.2, -0.15) is 0 Å². The number of carbonyl (C=O) groups excluding carboxylic acids is 1. The number of likely N-dealkylation sites (tertiary alicyclic amines) is 1. The van der Waals surface area contributed by atoms with E-state index in [1.807, 2.05) is 18.2 Å². The molecule has 1 amide bonds. The van der Waals surface area contributed by atoms with Crippen LogP contribution in [0.25, 0.3) is 0 Å². The highest BCUT2D eigenvalue weighted by Crippen LogP contribution is 2.28. The topological polar surface area (TPSA) is 48.0 Å². The van der Waals surface area contributed by atoms with Crippen molar-refractivity contribution in [1.29, 1.82) is 0 Å². The second kappa shape index (κ2) is 7.02. The van der Waals surface area contributed by atoms with Gasteiger partial charge in [-0.25, -0.2) is 0 Å². The summed E-state index contributed by atoms with van der Waals surface area (Å²) in [5.41, 5.74) is 1.15. The number of benzene rings is 1. The van der Waals surface area contributed by atoms with Crippen molar-refractivity contribution in [2.45, 2.75) is 25.5 Å². The van der Waals surface area contributed by atoms with Gasteiger partial charge in [-0.3, -0.25) is 4.79 Å². The maximum Gasteiger partial charge on any atom is 0.231 e. The van der Waals surface area contributed by atoms with Gasteiger partial charge >= 0.3 is 0 Å². The lowest BCUT2D eigenvalue weighted by Gasteiger charge is -2.39. The average Bonchev–Trinajstić information content (AvgIpc) is 2.51. The van der Waals surface area contributed by atoms with Crippen LogP contribution in [0.5, 0.6) is 11.5 Å². The fraction of sp³-hybridized carbons (Fsp3) is 0.438. The smallest absolute Gasteiger partial charge is 0.231 e. The molecule has 0 aliphatic carbocycles. The molecule has 114 valence electrons. The summed E-state index contributed by atoms with van der Waals surface area (Å²) >= 11 is 0. The van der Waals surface area contributed by atoms with Crippen molar-refractivity contribution in [3.63, 3.8) is 0 Å². The van der Waals surface area contributed by atoms with Crippen molar-refractivity contribution in [2.24, 2.45) is 0 Å². The number of aryl methyl sites for hydroxylation is 1. The molecule has 2 rings (SSSR count). The Bertz CT molecular complexity index is 513. The van der Waals surface area contributed by atoms with E-state index in [0.29, 0.717) is 13.0 Å². The zero-order chi connectivity index (χ0) is 15.2. The lowest BCUT2D eigenvalue weighted by atomic mass is 10.1. The largest absolute Gasteiger partial charge is 0.493 e. The molecule has 0 spiro atoms. The molecule has 1 saturated heterocycles. The number of rotatable bonds is 8. The van der Waals surface area contributed by atoms with E-state index in [1.165, 1.54) is 6.26 Å². The highest BCUT2D eigenvalue weighted by atomic mass is 16.5. The molecule has 1 unspecified atom stereocenters. The number of hydrogen-bond donors (Lipinski definition) is 0. The van der Waals surface area contributed by atoms with Gasteiger partial charge in [0.15, 0.2) is 17.7 Å². The second-order valence-corrected chi connectivity index (χ2v) is 4.84. The maximum atomic E-state index is 11.5. The van der Waals surface area contributed by atoms with E-state index in [2.05, 4.69) is 6.58 Å². The molecular formula is C16H21NO4. The Hall–Kier alpha value is -2.17. The maximum absolute atomic E-state index is 11.5. The van der Waals surface area contributed by atoms with Crippen molar-refractivity contribution in [1.82, 2.24) is 4.90 Å². The first-order valence-corrected chi connectivity index (χ1v) is 6.96. The Kier molecular flexibility index (Phi) is 5.09. The van der Waals surface area contributed by atoms with Crippen LogP contribution < -0.4 is 9.47 Å². The molecule has 0 aromatic heterocycles.